The zero-order chi connectivity index (χ0) is 9.35. The Morgan fingerprint density at radius 2 is 2.33 bits per heavy atom. The van der Waals surface area contributed by atoms with Crippen molar-refractivity contribution in [1.82, 2.24) is 2.80 Å². The standard InChI is InChI=1S/C7H9N2O.CH3.Po/c1-7(2)6(10)5(3-8)4-9-7;;/h5H,4H2,1-2H3;1H3;/q-1;;+1. The second kappa shape index (κ2) is 3.40. The zero-order valence-corrected chi connectivity index (χ0v) is 10.7. The summed E-state index contributed by atoms with van der Waals surface area (Å²) in [7, 11) is 0. The Kier molecular flexibility index (Phi) is 2.87. The maximum atomic E-state index is 11.6. The van der Waals surface area contributed by atoms with E-state index in [0.717, 1.165) is 0 Å². The molecule has 1 unspecified atom stereocenters. The molecule has 0 spiro atoms. The monoisotopic (exact) mass is 361 g/mol. The third-order valence-corrected chi connectivity index (χ3v) is 6.33. The van der Waals surface area contributed by atoms with E-state index in [1.165, 1.54) is 0 Å². The summed E-state index contributed by atoms with van der Waals surface area (Å²) >= 11 is -0.556. The van der Waals surface area contributed by atoms with E-state index in [9.17, 15) is 4.79 Å². The third-order valence-electron chi connectivity index (χ3n) is 2.27. The van der Waals surface area contributed by atoms with Crippen molar-refractivity contribution in [2.24, 2.45) is 5.92 Å². The molecule has 1 rings (SSSR count). The van der Waals surface area contributed by atoms with E-state index in [2.05, 4.69) is 13.5 Å². The number of rotatable bonds is 1. The van der Waals surface area contributed by atoms with Crippen LogP contribution in [0.15, 0.2) is 0 Å². The van der Waals surface area contributed by atoms with Gasteiger partial charge in [-0.3, -0.25) is 0 Å². The molecule has 1 heterocycles. The number of nitriles is 1. The summed E-state index contributed by atoms with van der Waals surface area (Å²) in [5.74, 6) is -0.271. The molecule has 3 nitrogen and oxygen atoms in total. The number of carbonyl (C=O) groups is 1. The molecule has 0 aromatic rings. The average molecular weight is 361 g/mol. The number of nitrogens with zero attached hydrogens (tertiary/aromatic N) is 2. The maximum absolute atomic E-state index is 11.6. The molecule has 0 aromatic carbocycles. The van der Waals surface area contributed by atoms with Crippen molar-refractivity contribution in [3.05, 3.63) is 0 Å². The van der Waals surface area contributed by atoms with Gasteiger partial charge in [0.1, 0.15) is 0 Å². The van der Waals surface area contributed by atoms with Crippen molar-refractivity contribution >= 4 is 29.6 Å². The molecular weight excluding hydrogens is 349 g/mol. The number of hydrogen-bond donors (Lipinski definition) is 0. The van der Waals surface area contributed by atoms with Gasteiger partial charge in [-0.1, -0.05) is 0 Å². The first-order chi connectivity index (χ1) is 5.54. The molecule has 0 bridgehead atoms. The van der Waals surface area contributed by atoms with Crippen molar-refractivity contribution < 1.29 is 4.79 Å². The van der Waals surface area contributed by atoms with Gasteiger partial charge >= 0.3 is 85.0 Å². The Balaban J connectivity index is 2.89. The zero-order valence-electron chi connectivity index (χ0n) is 7.50. The Morgan fingerprint density at radius 3 is 2.58 bits per heavy atom. The molecule has 4 heteroatoms. The van der Waals surface area contributed by atoms with Crippen LogP contribution in [-0.2, 0) is 4.79 Å². The summed E-state index contributed by atoms with van der Waals surface area (Å²) in [5.41, 5.74) is -0.361. The molecule has 0 aliphatic carbocycles. The van der Waals surface area contributed by atoms with Crippen molar-refractivity contribution in [2.75, 3.05) is 6.54 Å². The summed E-state index contributed by atoms with van der Waals surface area (Å²) in [6, 6.07) is 2.07. The quantitative estimate of drug-likeness (QED) is 0.682. The molecule has 1 aliphatic rings. The Labute approximate surface area is 84.9 Å². The Hall–Kier alpha value is 0.0161. The summed E-state index contributed by atoms with van der Waals surface area (Å²) in [6.45, 7) is 4.52. The number of hydrogen-bond acceptors (Lipinski definition) is 3. The average Bonchev–Trinajstić information content (AvgIpc) is 2.25. The van der Waals surface area contributed by atoms with E-state index < -0.39 is 23.9 Å². The third kappa shape index (κ3) is 1.41. The summed E-state index contributed by atoms with van der Waals surface area (Å²) in [5, 5.41) is 8.70. The molecule has 0 aromatic heterocycles. The summed E-state index contributed by atoms with van der Waals surface area (Å²) < 4.78 is 4.39. The van der Waals surface area contributed by atoms with Crippen LogP contribution in [0, 0.1) is 17.2 Å². The van der Waals surface area contributed by atoms with Crippen LogP contribution in [-0.4, -0.2) is 44.5 Å². The topological polar surface area (TPSA) is 44.1 Å². The van der Waals surface area contributed by atoms with Gasteiger partial charge in [0, 0.05) is 0 Å². The van der Waals surface area contributed by atoms with Crippen molar-refractivity contribution in [3.63, 3.8) is 0 Å². The predicted molar refractivity (Wildman–Crippen MR) is 46.5 cm³/mol. The van der Waals surface area contributed by atoms with Gasteiger partial charge < -0.3 is 0 Å². The van der Waals surface area contributed by atoms with Crippen molar-refractivity contribution in [2.45, 2.75) is 24.0 Å². The van der Waals surface area contributed by atoms with Gasteiger partial charge in [0.25, 0.3) is 0 Å². The van der Waals surface area contributed by atoms with Crippen LogP contribution in [0.2, 0.25) is 4.58 Å². The van der Waals surface area contributed by atoms with E-state index in [4.69, 9.17) is 5.26 Å². The summed E-state index contributed by atoms with van der Waals surface area (Å²) in [4.78, 5) is 11.6. The molecule has 1 atom stereocenters. The summed E-state index contributed by atoms with van der Waals surface area (Å²) in [6.07, 6.45) is 0. The van der Waals surface area contributed by atoms with Gasteiger partial charge in [0.05, 0.1) is 0 Å². The second-order valence-electron chi connectivity index (χ2n) is 3.35. The predicted octanol–water partition coefficient (Wildman–Crippen LogP) is 0.457. The van der Waals surface area contributed by atoms with E-state index in [-0.39, 0.29) is 17.2 Å². The van der Waals surface area contributed by atoms with Gasteiger partial charge in [0.2, 0.25) is 0 Å². The molecule has 0 radical (unpaired) electrons. The van der Waals surface area contributed by atoms with E-state index in [1.54, 1.807) is 0 Å². The van der Waals surface area contributed by atoms with E-state index >= 15 is 0 Å². The first-order valence-corrected chi connectivity index (χ1v) is 8.39. The molecule has 0 N–H and O–H groups in total. The molecule has 66 valence electrons. The Morgan fingerprint density at radius 1 is 1.75 bits per heavy atom. The first kappa shape index (κ1) is 10.1. The normalized spacial score (nSPS) is 28.8. The van der Waals surface area contributed by atoms with Gasteiger partial charge in [-0.2, -0.15) is 0 Å². The Bertz CT molecular complexity index is 244. The van der Waals surface area contributed by atoms with Crippen molar-refractivity contribution in [3.8, 4) is 6.07 Å². The number of ketones is 1. The van der Waals surface area contributed by atoms with E-state index in [1.807, 2.05) is 13.8 Å². The molecule has 0 saturated carbocycles. The first-order valence-electron chi connectivity index (χ1n) is 3.79. The minimum absolute atomic E-state index is 0.104. The molecule has 1 fully saturated rings. The molecule has 1 aliphatic heterocycles. The second-order valence-corrected chi connectivity index (χ2v) is 6.48. The fraction of sp³-hybridized carbons (Fsp3) is 0.750. The van der Waals surface area contributed by atoms with Gasteiger partial charge in [0.15, 0.2) is 0 Å². The van der Waals surface area contributed by atoms with Gasteiger partial charge in [-0.05, 0) is 0 Å². The molecule has 12 heavy (non-hydrogen) atoms. The molecule has 0 amide bonds. The van der Waals surface area contributed by atoms with Crippen LogP contribution in [0.1, 0.15) is 13.8 Å². The molecular formula is C8H12N2OPo. The number of Topliss-reactive ketones (excluding diaryl/α,β-unsaturated/α-hetero) is 1. The van der Waals surface area contributed by atoms with Crippen molar-refractivity contribution in [1.29, 1.82) is 5.26 Å². The van der Waals surface area contributed by atoms with Crippen LogP contribution in [0.3, 0.4) is 0 Å². The van der Waals surface area contributed by atoms with E-state index in [0.29, 0.717) is 6.54 Å². The van der Waals surface area contributed by atoms with Crippen LogP contribution in [0.5, 0.6) is 0 Å². The van der Waals surface area contributed by atoms with Crippen LogP contribution in [0.25, 0.3) is 0 Å². The van der Waals surface area contributed by atoms with Gasteiger partial charge in [-0.25, -0.2) is 0 Å². The minimum atomic E-state index is -0.556. The van der Waals surface area contributed by atoms with Crippen LogP contribution < -0.4 is 0 Å². The van der Waals surface area contributed by atoms with Gasteiger partial charge in [-0.15, -0.1) is 0 Å². The number of carbonyl (C=O) groups excluding carboxylic acids is 1. The fourth-order valence-electron chi connectivity index (χ4n) is 1.43. The molecule has 1 saturated heterocycles. The van der Waals surface area contributed by atoms with Crippen LogP contribution in [0.4, 0.5) is 0 Å². The SMILES string of the molecule is [CH3][Po][N]1CC(C#N)C(=O)C1(C)C. The fourth-order valence-corrected chi connectivity index (χ4v) is 4.71. The van der Waals surface area contributed by atoms with Crippen LogP contribution >= 0.6 is 0 Å².